The number of hydrogen-bond donors (Lipinski definition) is 2. The largest absolute Gasteiger partial charge is 0.481 e. The van der Waals surface area contributed by atoms with Gasteiger partial charge in [0.05, 0.1) is 17.5 Å². The predicted octanol–water partition coefficient (Wildman–Crippen LogP) is 2.54. The van der Waals surface area contributed by atoms with Crippen molar-refractivity contribution in [1.82, 2.24) is 5.32 Å². The second-order valence-corrected chi connectivity index (χ2v) is 4.87. The van der Waals surface area contributed by atoms with E-state index in [0.29, 0.717) is 12.0 Å². The van der Waals surface area contributed by atoms with Crippen molar-refractivity contribution in [3.05, 3.63) is 34.6 Å². The van der Waals surface area contributed by atoms with E-state index in [2.05, 4.69) is 5.32 Å². The first kappa shape index (κ1) is 17.4. The monoisotopic (exact) mass is 317 g/mol. The minimum absolute atomic E-state index is 0.0672. The molecule has 0 aromatic heterocycles. The average Bonchev–Trinajstić information content (AvgIpc) is 2.42. The quantitative estimate of drug-likeness (QED) is 0.810. The van der Waals surface area contributed by atoms with Crippen molar-refractivity contribution in [2.24, 2.45) is 0 Å². The van der Waals surface area contributed by atoms with E-state index in [1.165, 1.54) is 19.2 Å². The smallest absolute Gasteiger partial charge is 0.305 e. The number of carboxylic acid groups (broad SMARTS) is 1. The van der Waals surface area contributed by atoms with Gasteiger partial charge in [0.15, 0.2) is 0 Å². The maximum absolute atomic E-state index is 13.5. The number of hydrogen-bond acceptors (Lipinski definition) is 3. The average molecular weight is 318 g/mol. The van der Waals surface area contributed by atoms with E-state index in [4.69, 9.17) is 21.4 Å². The number of halogens is 2. The van der Waals surface area contributed by atoms with Gasteiger partial charge < -0.3 is 15.2 Å². The van der Waals surface area contributed by atoms with Gasteiger partial charge in [0.25, 0.3) is 0 Å². The number of carbonyl (C=O) groups excluding carboxylic acids is 1. The molecule has 2 unspecified atom stereocenters. The Hall–Kier alpha value is -1.66. The van der Waals surface area contributed by atoms with E-state index in [1.807, 2.05) is 0 Å². The van der Waals surface area contributed by atoms with Crippen molar-refractivity contribution in [2.45, 2.75) is 31.9 Å². The lowest BCUT2D eigenvalue weighted by Gasteiger charge is -2.21. The Labute approximate surface area is 127 Å². The molecule has 7 heteroatoms. The number of carbonyl (C=O) groups is 2. The molecule has 1 aromatic carbocycles. The fourth-order valence-electron chi connectivity index (χ4n) is 1.88. The Morgan fingerprint density at radius 2 is 2.14 bits per heavy atom. The molecule has 2 atom stereocenters. The highest BCUT2D eigenvalue weighted by molar-refractivity contribution is 6.30. The van der Waals surface area contributed by atoms with Crippen LogP contribution in [0.1, 0.15) is 31.4 Å². The lowest BCUT2D eigenvalue weighted by atomic mass is 10.0. The summed E-state index contributed by atoms with van der Waals surface area (Å²) in [5, 5.41) is 11.4. The summed E-state index contributed by atoms with van der Waals surface area (Å²) in [6, 6.07) is 3.06. The molecular weight excluding hydrogens is 301 g/mol. The Morgan fingerprint density at radius 1 is 1.48 bits per heavy atom. The molecule has 0 saturated heterocycles. The summed E-state index contributed by atoms with van der Waals surface area (Å²) < 4.78 is 18.5. The fourth-order valence-corrected chi connectivity index (χ4v) is 2.00. The summed E-state index contributed by atoms with van der Waals surface area (Å²) in [4.78, 5) is 22.9. The summed E-state index contributed by atoms with van der Waals surface area (Å²) in [5.41, 5.74) is 0.332. The third kappa shape index (κ3) is 4.99. The highest BCUT2D eigenvalue weighted by Crippen LogP contribution is 2.22. The Kier molecular flexibility index (Phi) is 6.58. The zero-order chi connectivity index (χ0) is 16.0. The Balaban J connectivity index is 2.97. The summed E-state index contributed by atoms with van der Waals surface area (Å²) in [6.45, 7) is 1.77. The fraction of sp³-hybridized carbons (Fsp3) is 0.429. The first-order valence-electron chi connectivity index (χ1n) is 6.38. The van der Waals surface area contributed by atoms with Gasteiger partial charge in [-0.15, -0.1) is 0 Å². The number of carboxylic acids is 1. The molecule has 0 heterocycles. The van der Waals surface area contributed by atoms with Crippen LogP contribution >= 0.6 is 11.6 Å². The lowest BCUT2D eigenvalue weighted by molar-refractivity contribution is -0.138. The third-order valence-corrected chi connectivity index (χ3v) is 3.30. The molecule has 0 spiro atoms. The number of amides is 1. The van der Waals surface area contributed by atoms with Gasteiger partial charge in [-0.2, -0.15) is 0 Å². The van der Waals surface area contributed by atoms with Gasteiger partial charge in [-0.25, -0.2) is 4.39 Å². The first-order chi connectivity index (χ1) is 9.88. The number of aliphatic carboxylic acids is 1. The molecule has 21 heavy (non-hydrogen) atoms. The molecule has 2 N–H and O–H groups in total. The van der Waals surface area contributed by atoms with Crippen LogP contribution in [-0.2, 0) is 14.3 Å². The zero-order valence-electron chi connectivity index (χ0n) is 11.7. The van der Waals surface area contributed by atoms with Gasteiger partial charge in [0, 0.05) is 7.11 Å². The minimum Gasteiger partial charge on any atom is -0.481 e. The van der Waals surface area contributed by atoms with Crippen molar-refractivity contribution in [3.63, 3.8) is 0 Å². The molecule has 0 bridgehead atoms. The normalized spacial score (nSPS) is 13.5. The molecule has 1 rings (SSSR count). The lowest BCUT2D eigenvalue weighted by Crippen LogP contribution is -2.38. The van der Waals surface area contributed by atoms with Crippen LogP contribution in [0.25, 0.3) is 0 Å². The SMILES string of the molecule is CCC(OC)C(=O)NC(CC(=O)O)c1ccc(Cl)c(F)c1. The van der Waals surface area contributed by atoms with Crippen LogP contribution in [0, 0.1) is 5.82 Å². The molecule has 5 nitrogen and oxygen atoms in total. The Bertz CT molecular complexity index is 520. The predicted molar refractivity (Wildman–Crippen MR) is 75.6 cm³/mol. The van der Waals surface area contributed by atoms with Gasteiger partial charge in [-0.05, 0) is 24.1 Å². The third-order valence-electron chi connectivity index (χ3n) is 2.99. The molecule has 116 valence electrons. The minimum atomic E-state index is -1.11. The molecule has 1 aromatic rings. The van der Waals surface area contributed by atoms with E-state index in [0.717, 1.165) is 6.07 Å². The molecule has 0 aliphatic carbocycles. The topological polar surface area (TPSA) is 75.6 Å². The van der Waals surface area contributed by atoms with E-state index in [-0.39, 0.29) is 11.4 Å². The molecule has 0 radical (unpaired) electrons. The summed E-state index contributed by atoms with van der Waals surface area (Å²) >= 11 is 5.59. The maximum Gasteiger partial charge on any atom is 0.305 e. The Morgan fingerprint density at radius 3 is 2.62 bits per heavy atom. The zero-order valence-corrected chi connectivity index (χ0v) is 12.5. The molecule has 1 amide bonds. The van der Waals surface area contributed by atoms with E-state index in [9.17, 15) is 14.0 Å². The van der Waals surface area contributed by atoms with Gasteiger partial charge in [0.1, 0.15) is 11.9 Å². The molecule has 0 saturated carbocycles. The molecule has 0 aliphatic heterocycles. The number of ether oxygens (including phenoxy) is 1. The van der Waals surface area contributed by atoms with Crippen LogP contribution in [0.3, 0.4) is 0 Å². The second-order valence-electron chi connectivity index (χ2n) is 4.47. The van der Waals surface area contributed by atoms with Crippen molar-refractivity contribution < 1.29 is 23.8 Å². The van der Waals surface area contributed by atoms with Crippen LogP contribution in [0.4, 0.5) is 4.39 Å². The van der Waals surface area contributed by atoms with E-state index < -0.39 is 29.8 Å². The van der Waals surface area contributed by atoms with Gasteiger partial charge in [-0.3, -0.25) is 9.59 Å². The molecule has 0 fully saturated rings. The maximum atomic E-state index is 13.5. The van der Waals surface area contributed by atoms with Crippen molar-refractivity contribution in [1.29, 1.82) is 0 Å². The number of benzene rings is 1. The number of methoxy groups -OCH3 is 1. The van der Waals surface area contributed by atoms with Gasteiger partial charge in [0.2, 0.25) is 5.91 Å². The van der Waals surface area contributed by atoms with Crippen LogP contribution < -0.4 is 5.32 Å². The van der Waals surface area contributed by atoms with Crippen molar-refractivity contribution in [3.8, 4) is 0 Å². The number of rotatable bonds is 7. The highest BCUT2D eigenvalue weighted by atomic mass is 35.5. The van der Waals surface area contributed by atoms with Crippen molar-refractivity contribution in [2.75, 3.05) is 7.11 Å². The van der Waals surface area contributed by atoms with Crippen LogP contribution in [0.15, 0.2) is 18.2 Å². The van der Waals surface area contributed by atoms with Gasteiger partial charge in [-0.1, -0.05) is 24.6 Å². The van der Waals surface area contributed by atoms with Crippen LogP contribution in [-0.4, -0.2) is 30.2 Å². The second kappa shape index (κ2) is 7.95. The standard InChI is InChI=1S/C14H17ClFNO4/c1-3-12(21-2)14(20)17-11(7-13(18)19)8-4-5-9(15)10(16)6-8/h4-6,11-12H,3,7H2,1-2H3,(H,17,20)(H,18,19). The molecular formula is C14H17ClFNO4. The summed E-state index contributed by atoms with van der Waals surface area (Å²) in [6.07, 6.45) is -0.609. The van der Waals surface area contributed by atoms with E-state index in [1.54, 1.807) is 6.92 Å². The van der Waals surface area contributed by atoms with Crippen LogP contribution in [0.2, 0.25) is 5.02 Å². The number of nitrogens with one attached hydrogen (secondary N) is 1. The van der Waals surface area contributed by atoms with Gasteiger partial charge >= 0.3 is 5.97 Å². The molecule has 0 aliphatic rings. The summed E-state index contributed by atoms with van der Waals surface area (Å²) in [5.74, 6) is -2.22. The van der Waals surface area contributed by atoms with Crippen LogP contribution in [0.5, 0.6) is 0 Å². The van der Waals surface area contributed by atoms with Crippen molar-refractivity contribution >= 4 is 23.5 Å². The van der Waals surface area contributed by atoms with E-state index >= 15 is 0 Å². The first-order valence-corrected chi connectivity index (χ1v) is 6.76. The summed E-state index contributed by atoms with van der Waals surface area (Å²) in [7, 11) is 1.39. The highest BCUT2D eigenvalue weighted by Gasteiger charge is 2.23.